The number of halogens is 1. The fourth-order valence-corrected chi connectivity index (χ4v) is 5.27. The summed E-state index contributed by atoms with van der Waals surface area (Å²) in [5.41, 5.74) is 2.87. The Bertz CT molecular complexity index is 1140. The van der Waals surface area contributed by atoms with E-state index < -0.39 is 10.0 Å². The van der Waals surface area contributed by atoms with Gasteiger partial charge in [0.25, 0.3) is 15.9 Å². The second kappa shape index (κ2) is 7.56. The fraction of sp³-hybridized carbons (Fsp3) is 0.0952. The number of anilines is 2. The van der Waals surface area contributed by atoms with Crippen LogP contribution in [0.3, 0.4) is 0 Å². The molecule has 0 atom stereocenters. The number of amides is 1. The van der Waals surface area contributed by atoms with E-state index in [2.05, 4.69) is 27.9 Å². The van der Waals surface area contributed by atoms with Gasteiger partial charge in [-0.2, -0.15) is 0 Å². The molecule has 1 aliphatic rings. The van der Waals surface area contributed by atoms with Crippen LogP contribution in [-0.4, -0.2) is 20.9 Å². The van der Waals surface area contributed by atoms with Gasteiger partial charge in [0.05, 0.1) is 10.6 Å². The molecule has 5 nitrogen and oxygen atoms in total. The Morgan fingerprint density at radius 1 is 0.964 bits per heavy atom. The van der Waals surface area contributed by atoms with E-state index in [0.717, 1.165) is 14.8 Å². The van der Waals surface area contributed by atoms with Gasteiger partial charge in [-0.3, -0.25) is 9.10 Å². The van der Waals surface area contributed by atoms with E-state index in [9.17, 15) is 13.2 Å². The van der Waals surface area contributed by atoms with Crippen molar-refractivity contribution in [2.24, 2.45) is 0 Å². The van der Waals surface area contributed by atoms with E-state index in [1.807, 2.05) is 36.4 Å². The zero-order valence-electron chi connectivity index (χ0n) is 14.8. The first-order valence-corrected chi connectivity index (χ1v) is 11.2. The zero-order valence-corrected chi connectivity index (χ0v) is 17.8. The van der Waals surface area contributed by atoms with Crippen molar-refractivity contribution in [2.45, 2.75) is 11.3 Å². The van der Waals surface area contributed by atoms with Crippen molar-refractivity contribution in [3.63, 3.8) is 0 Å². The van der Waals surface area contributed by atoms with Crippen LogP contribution in [0.2, 0.25) is 0 Å². The standard InChI is InChI=1S/C21H17IN2O3S/c22-17-6-3-5-16(14-17)21(25)23-18-8-10-19(11-9-18)28(26,27)24-13-12-15-4-1-2-7-20(15)24/h1-11,14H,12-13H2,(H,23,25). The van der Waals surface area contributed by atoms with E-state index in [0.29, 0.717) is 24.2 Å². The second-order valence-corrected chi connectivity index (χ2v) is 9.55. The van der Waals surface area contributed by atoms with Crippen molar-refractivity contribution >= 4 is 49.9 Å². The van der Waals surface area contributed by atoms with E-state index >= 15 is 0 Å². The van der Waals surface area contributed by atoms with Gasteiger partial charge in [-0.25, -0.2) is 8.42 Å². The molecule has 3 aromatic rings. The number of nitrogens with one attached hydrogen (secondary N) is 1. The highest BCUT2D eigenvalue weighted by Gasteiger charge is 2.30. The first-order chi connectivity index (χ1) is 13.4. The minimum atomic E-state index is -3.64. The maximum absolute atomic E-state index is 13.0. The molecule has 0 spiro atoms. The summed E-state index contributed by atoms with van der Waals surface area (Å²) < 4.78 is 28.5. The van der Waals surface area contributed by atoms with Crippen LogP contribution in [0.1, 0.15) is 15.9 Å². The number of rotatable bonds is 4. The summed E-state index contributed by atoms with van der Waals surface area (Å²) in [6.07, 6.45) is 0.708. The maximum atomic E-state index is 13.0. The van der Waals surface area contributed by atoms with E-state index in [1.165, 1.54) is 16.4 Å². The summed E-state index contributed by atoms with van der Waals surface area (Å²) in [4.78, 5) is 12.6. The molecule has 0 saturated carbocycles. The number of carbonyl (C=O) groups is 1. The molecule has 7 heteroatoms. The molecule has 0 aliphatic carbocycles. The molecule has 28 heavy (non-hydrogen) atoms. The van der Waals surface area contributed by atoms with Crippen LogP contribution in [-0.2, 0) is 16.4 Å². The Morgan fingerprint density at radius 2 is 1.71 bits per heavy atom. The molecule has 0 fully saturated rings. The van der Waals surface area contributed by atoms with Crippen LogP contribution in [0.15, 0.2) is 77.7 Å². The predicted molar refractivity (Wildman–Crippen MR) is 118 cm³/mol. The lowest BCUT2D eigenvalue weighted by Crippen LogP contribution is -2.29. The molecule has 3 aromatic carbocycles. The van der Waals surface area contributed by atoms with Crippen LogP contribution >= 0.6 is 22.6 Å². The second-order valence-electron chi connectivity index (χ2n) is 6.44. The molecule has 0 aromatic heterocycles. The van der Waals surface area contributed by atoms with E-state index in [1.54, 1.807) is 24.3 Å². The smallest absolute Gasteiger partial charge is 0.264 e. The molecule has 0 bridgehead atoms. The minimum absolute atomic E-state index is 0.205. The molecule has 1 heterocycles. The maximum Gasteiger partial charge on any atom is 0.264 e. The zero-order chi connectivity index (χ0) is 19.7. The molecule has 0 saturated heterocycles. The summed E-state index contributed by atoms with van der Waals surface area (Å²) in [5.74, 6) is -0.234. The lowest BCUT2D eigenvalue weighted by molar-refractivity contribution is 0.102. The molecule has 1 aliphatic heterocycles. The number of sulfonamides is 1. The SMILES string of the molecule is O=C(Nc1ccc(S(=O)(=O)N2CCc3ccccc32)cc1)c1cccc(I)c1. The van der Waals surface area contributed by atoms with Crippen molar-refractivity contribution in [2.75, 3.05) is 16.2 Å². The molecule has 0 unspecified atom stereocenters. The Labute approximate surface area is 177 Å². The first kappa shape index (κ1) is 18.9. The van der Waals surface area contributed by atoms with Crippen molar-refractivity contribution < 1.29 is 13.2 Å². The van der Waals surface area contributed by atoms with Gasteiger partial charge in [-0.1, -0.05) is 24.3 Å². The van der Waals surface area contributed by atoms with Gasteiger partial charge in [0.15, 0.2) is 0 Å². The number of benzene rings is 3. The lowest BCUT2D eigenvalue weighted by atomic mass is 10.2. The van der Waals surface area contributed by atoms with Crippen LogP contribution < -0.4 is 9.62 Å². The van der Waals surface area contributed by atoms with Crippen molar-refractivity contribution in [1.82, 2.24) is 0 Å². The summed E-state index contributed by atoms with van der Waals surface area (Å²) in [6, 6.07) is 21.1. The monoisotopic (exact) mass is 504 g/mol. The summed E-state index contributed by atoms with van der Waals surface area (Å²) >= 11 is 2.15. The van der Waals surface area contributed by atoms with Gasteiger partial charge >= 0.3 is 0 Å². The largest absolute Gasteiger partial charge is 0.322 e. The molecule has 1 amide bonds. The number of para-hydroxylation sites is 1. The lowest BCUT2D eigenvalue weighted by Gasteiger charge is -2.19. The average Bonchev–Trinajstić information content (AvgIpc) is 3.13. The summed E-state index contributed by atoms with van der Waals surface area (Å²) in [7, 11) is -3.64. The number of nitrogens with zero attached hydrogens (tertiary/aromatic N) is 1. The molecule has 0 radical (unpaired) electrons. The summed E-state index contributed by atoms with van der Waals surface area (Å²) in [5, 5.41) is 2.80. The number of hydrogen-bond donors (Lipinski definition) is 1. The van der Waals surface area contributed by atoms with Gasteiger partial charge in [0, 0.05) is 21.4 Å². The van der Waals surface area contributed by atoms with Crippen LogP contribution in [0.4, 0.5) is 11.4 Å². The Balaban J connectivity index is 1.54. The van der Waals surface area contributed by atoms with Crippen LogP contribution in [0.5, 0.6) is 0 Å². The fourth-order valence-electron chi connectivity index (χ4n) is 3.23. The Morgan fingerprint density at radius 3 is 2.46 bits per heavy atom. The van der Waals surface area contributed by atoms with E-state index in [-0.39, 0.29) is 10.8 Å². The summed E-state index contributed by atoms with van der Waals surface area (Å²) in [6.45, 7) is 0.437. The van der Waals surface area contributed by atoms with Gasteiger partial charge in [-0.05, 0) is 83.1 Å². The highest BCUT2D eigenvalue weighted by atomic mass is 127. The minimum Gasteiger partial charge on any atom is -0.322 e. The van der Waals surface area contributed by atoms with Crippen molar-refractivity contribution in [3.8, 4) is 0 Å². The third kappa shape index (κ3) is 3.64. The van der Waals surface area contributed by atoms with Crippen LogP contribution in [0, 0.1) is 3.57 Å². The third-order valence-corrected chi connectivity index (χ3v) is 7.13. The number of fused-ring (bicyclic) bond motifs is 1. The van der Waals surface area contributed by atoms with Gasteiger partial charge in [0.2, 0.25) is 0 Å². The van der Waals surface area contributed by atoms with Gasteiger partial charge in [-0.15, -0.1) is 0 Å². The molecule has 4 rings (SSSR count). The molecule has 142 valence electrons. The average molecular weight is 504 g/mol. The van der Waals surface area contributed by atoms with Gasteiger partial charge < -0.3 is 5.32 Å². The molecular weight excluding hydrogens is 487 g/mol. The predicted octanol–water partition coefficient (Wildman–Crippen LogP) is 4.29. The number of carbonyl (C=O) groups excluding carboxylic acids is 1. The highest BCUT2D eigenvalue weighted by molar-refractivity contribution is 14.1. The van der Waals surface area contributed by atoms with Crippen molar-refractivity contribution in [3.05, 3.63) is 87.5 Å². The topological polar surface area (TPSA) is 66.5 Å². The number of hydrogen-bond acceptors (Lipinski definition) is 3. The quantitative estimate of drug-likeness (QED) is 0.540. The third-order valence-electron chi connectivity index (χ3n) is 4.63. The first-order valence-electron chi connectivity index (χ1n) is 8.73. The van der Waals surface area contributed by atoms with Gasteiger partial charge in [0.1, 0.15) is 0 Å². The molecule has 1 N–H and O–H groups in total. The highest BCUT2D eigenvalue weighted by Crippen LogP contribution is 2.32. The normalized spacial score (nSPS) is 13.2. The Kier molecular flexibility index (Phi) is 5.11. The van der Waals surface area contributed by atoms with E-state index in [4.69, 9.17) is 0 Å². The van der Waals surface area contributed by atoms with Crippen molar-refractivity contribution in [1.29, 1.82) is 0 Å². The van der Waals surface area contributed by atoms with Crippen LogP contribution in [0.25, 0.3) is 0 Å². The molecular formula is C21H17IN2O3S. The Hall–Kier alpha value is -2.39.